The summed E-state index contributed by atoms with van der Waals surface area (Å²) in [6.07, 6.45) is 10.4. The number of likely N-dealkylation sites (tertiary alicyclic amines) is 1. The van der Waals surface area contributed by atoms with Crippen molar-refractivity contribution in [2.45, 2.75) is 25.8 Å². The van der Waals surface area contributed by atoms with Crippen molar-refractivity contribution in [3.05, 3.63) is 65.9 Å². The average Bonchev–Trinajstić information content (AvgIpc) is 2.52. The summed E-state index contributed by atoms with van der Waals surface area (Å²) in [5, 5.41) is 0. The molecule has 1 fully saturated rings. The van der Waals surface area contributed by atoms with Crippen LogP contribution in [0.25, 0.3) is 5.70 Å². The normalized spacial score (nSPS) is 19.8. The van der Waals surface area contributed by atoms with Gasteiger partial charge in [0.25, 0.3) is 0 Å². The van der Waals surface area contributed by atoms with E-state index in [-0.39, 0.29) is 0 Å². The Kier molecular flexibility index (Phi) is 4.26. The largest absolute Gasteiger partial charge is 0.345 e. The number of likely N-dealkylation sites (N-methyl/N-ethyl adjacent to an activating group) is 1. The predicted molar refractivity (Wildman–Crippen MR) is 89.6 cm³/mol. The molecule has 0 atom stereocenters. The van der Waals surface area contributed by atoms with Crippen molar-refractivity contribution in [1.29, 1.82) is 0 Å². The SMILES string of the molecule is C=C1C=CC=C(c2ccc(CN3CCCCC3)cc2)N1C. The zero-order valence-corrected chi connectivity index (χ0v) is 12.9. The highest BCUT2D eigenvalue weighted by molar-refractivity contribution is 5.69. The summed E-state index contributed by atoms with van der Waals surface area (Å²) in [4.78, 5) is 4.70. The lowest BCUT2D eigenvalue weighted by Crippen LogP contribution is -2.29. The summed E-state index contributed by atoms with van der Waals surface area (Å²) < 4.78 is 0. The maximum atomic E-state index is 4.06. The van der Waals surface area contributed by atoms with E-state index < -0.39 is 0 Å². The molecular weight excluding hydrogens is 256 g/mol. The Morgan fingerprint density at radius 3 is 2.48 bits per heavy atom. The molecule has 1 aromatic rings. The maximum absolute atomic E-state index is 4.06. The van der Waals surface area contributed by atoms with Crippen molar-refractivity contribution in [1.82, 2.24) is 9.80 Å². The first-order valence-electron chi connectivity index (χ1n) is 7.87. The molecule has 2 heteroatoms. The molecule has 0 N–H and O–H groups in total. The molecule has 2 nitrogen and oxygen atoms in total. The third-order valence-electron chi connectivity index (χ3n) is 4.44. The number of nitrogens with zero attached hydrogens (tertiary/aromatic N) is 2. The Hall–Kier alpha value is -1.80. The Bertz CT molecular complexity index is 560. The maximum Gasteiger partial charge on any atom is 0.0481 e. The molecule has 0 aromatic heterocycles. The van der Waals surface area contributed by atoms with Crippen LogP contribution in [0.5, 0.6) is 0 Å². The van der Waals surface area contributed by atoms with Crippen LogP contribution >= 0.6 is 0 Å². The van der Waals surface area contributed by atoms with Crippen LogP contribution in [0.2, 0.25) is 0 Å². The number of benzene rings is 1. The van der Waals surface area contributed by atoms with Gasteiger partial charge in [-0.25, -0.2) is 0 Å². The van der Waals surface area contributed by atoms with Crippen molar-refractivity contribution in [3.8, 4) is 0 Å². The summed E-state index contributed by atoms with van der Waals surface area (Å²) >= 11 is 0. The van der Waals surface area contributed by atoms with E-state index in [1.807, 2.05) is 6.08 Å². The second-order valence-corrected chi connectivity index (χ2v) is 6.00. The molecule has 2 aliphatic rings. The second kappa shape index (κ2) is 6.31. The van der Waals surface area contributed by atoms with Crippen LogP contribution in [0.1, 0.15) is 30.4 Å². The van der Waals surface area contributed by atoms with Crippen LogP contribution in [0, 0.1) is 0 Å². The monoisotopic (exact) mass is 280 g/mol. The van der Waals surface area contributed by atoms with Gasteiger partial charge in [-0.05, 0) is 49.2 Å². The zero-order valence-electron chi connectivity index (χ0n) is 12.9. The molecule has 0 radical (unpaired) electrons. The highest BCUT2D eigenvalue weighted by atomic mass is 15.1. The van der Waals surface area contributed by atoms with Crippen molar-refractivity contribution in [3.63, 3.8) is 0 Å². The van der Waals surface area contributed by atoms with Crippen LogP contribution in [-0.4, -0.2) is 29.9 Å². The summed E-state index contributed by atoms with van der Waals surface area (Å²) in [7, 11) is 2.07. The van der Waals surface area contributed by atoms with E-state index in [1.165, 1.54) is 49.2 Å². The summed E-state index contributed by atoms with van der Waals surface area (Å²) in [5.41, 5.74) is 4.91. The Balaban J connectivity index is 1.70. The number of allylic oxidation sites excluding steroid dienone is 3. The third-order valence-corrected chi connectivity index (χ3v) is 4.44. The average molecular weight is 280 g/mol. The minimum absolute atomic E-state index is 1.03. The Labute approximate surface area is 128 Å². The third kappa shape index (κ3) is 3.27. The van der Waals surface area contributed by atoms with Crippen LogP contribution in [-0.2, 0) is 6.54 Å². The van der Waals surface area contributed by atoms with Crippen molar-refractivity contribution in [2.75, 3.05) is 20.1 Å². The van der Waals surface area contributed by atoms with Crippen molar-refractivity contribution >= 4 is 5.70 Å². The van der Waals surface area contributed by atoms with E-state index in [4.69, 9.17) is 0 Å². The van der Waals surface area contributed by atoms with Crippen molar-refractivity contribution in [2.24, 2.45) is 0 Å². The van der Waals surface area contributed by atoms with E-state index in [2.05, 4.69) is 59.8 Å². The van der Waals surface area contributed by atoms with Gasteiger partial charge in [0.05, 0.1) is 0 Å². The minimum atomic E-state index is 1.03. The lowest BCUT2D eigenvalue weighted by atomic mass is 10.0. The minimum Gasteiger partial charge on any atom is -0.345 e. The Morgan fingerprint density at radius 2 is 1.76 bits per heavy atom. The van der Waals surface area contributed by atoms with Gasteiger partial charge in [-0.15, -0.1) is 0 Å². The fraction of sp³-hybridized carbons (Fsp3) is 0.368. The molecule has 0 saturated carbocycles. The highest BCUT2D eigenvalue weighted by Crippen LogP contribution is 2.25. The van der Waals surface area contributed by atoms with Gasteiger partial charge in [-0.3, -0.25) is 4.90 Å². The molecule has 0 spiro atoms. The summed E-state index contributed by atoms with van der Waals surface area (Å²) in [6.45, 7) is 7.64. The topological polar surface area (TPSA) is 6.48 Å². The lowest BCUT2D eigenvalue weighted by Gasteiger charge is -2.27. The van der Waals surface area contributed by atoms with Gasteiger partial charge in [-0.2, -0.15) is 0 Å². The van der Waals surface area contributed by atoms with E-state index in [1.54, 1.807) is 0 Å². The van der Waals surface area contributed by atoms with Gasteiger partial charge in [-0.1, -0.05) is 43.3 Å². The first-order valence-corrected chi connectivity index (χ1v) is 7.87. The smallest absolute Gasteiger partial charge is 0.0481 e. The van der Waals surface area contributed by atoms with Gasteiger partial charge < -0.3 is 4.90 Å². The van der Waals surface area contributed by atoms with Crippen LogP contribution < -0.4 is 0 Å². The van der Waals surface area contributed by atoms with E-state index >= 15 is 0 Å². The molecule has 110 valence electrons. The van der Waals surface area contributed by atoms with Crippen LogP contribution in [0.15, 0.2) is 54.8 Å². The zero-order chi connectivity index (χ0) is 14.7. The molecule has 0 unspecified atom stereocenters. The Morgan fingerprint density at radius 1 is 1.05 bits per heavy atom. The molecular formula is C19H24N2. The number of hydrogen-bond acceptors (Lipinski definition) is 2. The van der Waals surface area contributed by atoms with Gasteiger partial charge in [0.1, 0.15) is 0 Å². The lowest BCUT2D eigenvalue weighted by molar-refractivity contribution is 0.221. The van der Waals surface area contributed by atoms with Crippen LogP contribution in [0.3, 0.4) is 0 Å². The van der Waals surface area contributed by atoms with E-state index in [0.717, 1.165) is 12.2 Å². The quantitative estimate of drug-likeness (QED) is 0.825. The molecule has 1 aromatic carbocycles. The fourth-order valence-corrected chi connectivity index (χ4v) is 3.08. The van der Waals surface area contributed by atoms with Gasteiger partial charge in [0, 0.05) is 25.0 Å². The van der Waals surface area contributed by atoms with Crippen molar-refractivity contribution < 1.29 is 0 Å². The number of hydrogen-bond donors (Lipinski definition) is 0. The fourth-order valence-electron chi connectivity index (χ4n) is 3.08. The first-order chi connectivity index (χ1) is 10.2. The van der Waals surface area contributed by atoms with Gasteiger partial charge in [0.2, 0.25) is 0 Å². The van der Waals surface area contributed by atoms with E-state index in [0.29, 0.717) is 0 Å². The number of piperidine rings is 1. The van der Waals surface area contributed by atoms with E-state index in [9.17, 15) is 0 Å². The van der Waals surface area contributed by atoms with Crippen LogP contribution in [0.4, 0.5) is 0 Å². The number of rotatable bonds is 3. The second-order valence-electron chi connectivity index (χ2n) is 6.00. The molecule has 2 heterocycles. The molecule has 21 heavy (non-hydrogen) atoms. The first kappa shape index (κ1) is 14.2. The summed E-state index contributed by atoms with van der Waals surface area (Å²) in [5.74, 6) is 0. The molecule has 1 saturated heterocycles. The molecule has 0 aliphatic carbocycles. The van der Waals surface area contributed by atoms with Gasteiger partial charge in [0.15, 0.2) is 0 Å². The predicted octanol–water partition coefficient (Wildman–Crippen LogP) is 4.03. The summed E-state index contributed by atoms with van der Waals surface area (Å²) in [6, 6.07) is 8.99. The highest BCUT2D eigenvalue weighted by Gasteiger charge is 2.13. The molecule has 3 rings (SSSR count). The molecule has 2 aliphatic heterocycles. The van der Waals surface area contributed by atoms with Gasteiger partial charge >= 0.3 is 0 Å². The molecule has 0 amide bonds. The standard InChI is InChI=1S/C19H24N2/c1-16-7-6-8-19(20(16)2)18-11-9-17(10-12-18)15-21-13-4-3-5-14-21/h6-12H,1,3-5,13-15H2,2H3. The molecule has 0 bridgehead atoms.